The summed E-state index contributed by atoms with van der Waals surface area (Å²) in [6.45, 7) is 2.50. The quantitative estimate of drug-likeness (QED) is 0.677. The van der Waals surface area contributed by atoms with Crippen LogP contribution < -0.4 is 16.4 Å². The van der Waals surface area contributed by atoms with Gasteiger partial charge in [-0.3, -0.25) is 0 Å². The number of aromatic nitrogens is 2. The Bertz CT molecular complexity index is 794. The van der Waals surface area contributed by atoms with E-state index in [2.05, 4.69) is 20.6 Å². The molecular formula is C22H31N5O2. The van der Waals surface area contributed by atoms with Crippen molar-refractivity contribution in [1.29, 1.82) is 0 Å². The summed E-state index contributed by atoms with van der Waals surface area (Å²) in [7, 11) is 1.34. The van der Waals surface area contributed by atoms with Gasteiger partial charge in [0.05, 0.1) is 18.4 Å². The molecule has 29 heavy (non-hydrogen) atoms. The SMILES string of the molecule is C1CCNC1.COC(=O)c1cc(N)nc(-c2ccnc(NC3CCCCC3)c2)c1. The third kappa shape index (κ3) is 6.42. The predicted octanol–water partition coefficient (Wildman–Crippen LogP) is 3.63. The summed E-state index contributed by atoms with van der Waals surface area (Å²) < 4.78 is 4.76. The summed E-state index contributed by atoms with van der Waals surface area (Å²) in [5.74, 6) is 0.676. The van der Waals surface area contributed by atoms with Crippen LogP contribution in [0, 0.1) is 0 Å². The maximum absolute atomic E-state index is 11.7. The average Bonchev–Trinajstić information content (AvgIpc) is 3.34. The van der Waals surface area contributed by atoms with Crippen LogP contribution in [0.25, 0.3) is 11.3 Å². The number of nitrogens with two attached hydrogens (primary N) is 1. The smallest absolute Gasteiger partial charge is 0.338 e. The Morgan fingerprint density at radius 1 is 1.14 bits per heavy atom. The van der Waals surface area contributed by atoms with Gasteiger partial charge in [-0.05, 0) is 63.0 Å². The highest BCUT2D eigenvalue weighted by molar-refractivity contribution is 5.91. The van der Waals surface area contributed by atoms with E-state index in [-0.39, 0.29) is 5.82 Å². The third-order valence-electron chi connectivity index (χ3n) is 5.24. The van der Waals surface area contributed by atoms with Crippen molar-refractivity contribution in [2.75, 3.05) is 31.2 Å². The summed E-state index contributed by atoms with van der Waals surface area (Å²) >= 11 is 0. The minimum Gasteiger partial charge on any atom is -0.465 e. The Hall–Kier alpha value is -2.67. The van der Waals surface area contributed by atoms with Gasteiger partial charge in [0.25, 0.3) is 0 Å². The van der Waals surface area contributed by atoms with Crippen molar-refractivity contribution >= 4 is 17.6 Å². The number of methoxy groups -OCH3 is 1. The van der Waals surface area contributed by atoms with Gasteiger partial charge in [-0.25, -0.2) is 14.8 Å². The Balaban J connectivity index is 0.000000419. The molecule has 2 aromatic rings. The van der Waals surface area contributed by atoms with Crippen LogP contribution in [0.15, 0.2) is 30.5 Å². The highest BCUT2D eigenvalue weighted by Gasteiger charge is 2.15. The number of nitrogens with one attached hydrogen (secondary N) is 2. The van der Waals surface area contributed by atoms with E-state index in [0.29, 0.717) is 17.3 Å². The van der Waals surface area contributed by atoms with Gasteiger partial charge in [-0.2, -0.15) is 0 Å². The number of ether oxygens (including phenoxy) is 1. The second-order valence-electron chi connectivity index (χ2n) is 7.52. The largest absolute Gasteiger partial charge is 0.465 e. The third-order valence-corrected chi connectivity index (χ3v) is 5.24. The number of esters is 1. The van der Waals surface area contributed by atoms with Crippen LogP contribution in [-0.2, 0) is 4.74 Å². The number of pyridine rings is 2. The molecule has 3 heterocycles. The minimum absolute atomic E-state index is 0.284. The number of anilines is 2. The Kier molecular flexibility index (Phi) is 7.81. The molecule has 0 amide bonds. The number of hydrogen-bond acceptors (Lipinski definition) is 7. The molecule has 0 atom stereocenters. The summed E-state index contributed by atoms with van der Waals surface area (Å²) in [5, 5.41) is 6.71. The van der Waals surface area contributed by atoms with Crippen LogP contribution in [0.5, 0.6) is 0 Å². The molecule has 1 aliphatic heterocycles. The molecule has 0 bridgehead atoms. The lowest BCUT2D eigenvalue weighted by molar-refractivity contribution is 0.0600. The molecule has 0 radical (unpaired) electrons. The van der Waals surface area contributed by atoms with Crippen LogP contribution in [0.1, 0.15) is 55.3 Å². The van der Waals surface area contributed by atoms with E-state index in [9.17, 15) is 4.79 Å². The number of rotatable bonds is 4. The minimum atomic E-state index is -0.431. The van der Waals surface area contributed by atoms with Gasteiger partial charge in [0, 0.05) is 17.8 Å². The highest BCUT2D eigenvalue weighted by Crippen LogP contribution is 2.25. The van der Waals surface area contributed by atoms with E-state index in [1.807, 2.05) is 12.1 Å². The molecule has 7 heteroatoms. The molecule has 2 aromatic heterocycles. The van der Waals surface area contributed by atoms with Crippen molar-refractivity contribution < 1.29 is 9.53 Å². The van der Waals surface area contributed by atoms with Gasteiger partial charge in [-0.1, -0.05) is 19.3 Å². The lowest BCUT2D eigenvalue weighted by atomic mass is 9.95. The van der Waals surface area contributed by atoms with Gasteiger partial charge in [0.15, 0.2) is 0 Å². The maximum Gasteiger partial charge on any atom is 0.338 e. The molecule has 4 N–H and O–H groups in total. The monoisotopic (exact) mass is 397 g/mol. The first-order valence-electron chi connectivity index (χ1n) is 10.5. The summed E-state index contributed by atoms with van der Waals surface area (Å²) in [5.41, 5.74) is 7.71. The summed E-state index contributed by atoms with van der Waals surface area (Å²) in [6.07, 6.45) is 10.7. The zero-order chi connectivity index (χ0) is 20.5. The fourth-order valence-corrected chi connectivity index (χ4v) is 3.69. The van der Waals surface area contributed by atoms with Crippen LogP contribution in [0.4, 0.5) is 11.6 Å². The number of carbonyl (C=O) groups is 1. The van der Waals surface area contributed by atoms with Crippen LogP contribution >= 0.6 is 0 Å². The summed E-state index contributed by atoms with van der Waals surface area (Å²) in [4.78, 5) is 20.5. The Labute approximate surface area is 172 Å². The normalized spacial score (nSPS) is 16.6. The van der Waals surface area contributed by atoms with Crippen LogP contribution in [0.2, 0.25) is 0 Å². The van der Waals surface area contributed by atoms with E-state index in [1.165, 1.54) is 71.2 Å². The number of hydrogen-bond donors (Lipinski definition) is 3. The van der Waals surface area contributed by atoms with Gasteiger partial charge in [0.2, 0.25) is 0 Å². The number of nitrogen functional groups attached to an aromatic ring is 1. The van der Waals surface area contributed by atoms with Crippen molar-refractivity contribution in [2.24, 2.45) is 0 Å². The van der Waals surface area contributed by atoms with Gasteiger partial charge in [-0.15, -0.1) is 0 Å². The molecule has 1 aliphatic carbocycles. The Morgan fingerprint density at radius 3 is 2.55 bits per heavy atom. The first-order chi connectivity index (χ1) is 14.2. The second kappa shape index (κ2) is 10.8. The van der Waals surface area contributed by atoms with Crippen molar-refractivity contribution in [2.45, 2.75) is 51.0 Å². The second-order valence-corrected chi connectivity index (χ2v) is 7.52. The topological polar surface area (TPSA) is 102 Å². The zero-order valence-corrected chi connectivity index (χ0v) is 17.1. The van der Waals surface area contributed by atoms with Gasteiger partial charge >= 0.3 is 5.97 Å². The van der Waals surface area contributed by atoms with E-state index >= 15 is 0 Å². The molecule has 1 saturated heterocycles. The van der Waals surface area contributed by atoms with E-state index in [4.69, 9.17) is 10.5 Å². The molecule has 0 aromatic carbocycles. The van der Waals surface area contributed by atoms with Crippen molar-refractivity contribution in [3.05, 3.63) is 36.0 Å². The first-order valence-corrected chi connectivity index (χ1v) is 10.5. The van der Waals surface area contributed by atoms with E-state index < -0.39 is 5.97 Å². The van der Waals surface area contributed by atoms with Crippen molar-refractivity contribution in [1.82, 2.24) is 15.3 Å². The van der Waals surface area contributed by atoms with Crippen LogP contribution in [0.3, 0.4) is 0 Å². The van der Waals surface area contributed by atoms with Crippen molar-refractivity contribution in [3.8, 4) is 11.3 Å². The Morgan fingerprint density at radius 2 is 1.90 bits per heavy atom. The fraction of sp³-hybridized carbons (Fsp3) is 0.500. The van der Waals surface area contributed by atoms with Crippen LogP contribution in [-0.4, -0.2) is 42.2 Å². The standard InChI is InChI=1S/C18H22N4O2.C4H9N/c1-24-18(23)13-9-15(22-16(19)10-13)12-7-8-20-17(11-12)21-14-5-3-2-4-6-14;1-2-4-5-3-1/h7-11,14H,2-6H2,1H3,(H2,19,22)(H,20,21);5H,1-4H2. The fourth-order valence-electron chi connectivity index (χ4n) is 3.69. The molecule has 0 spiro atoms. The molecule has 156 valence electrons. The number of carbonyl (C=O) groups excluding carboxylic acids is 1. The molecule has 0 unspecified atom stereocenters. The lowest BCUT2D eigenvalue weighted by Crippen LogP contribution is -2.22. The first kappa shape index (κ1) is 21.0. The predicted molar refractivity (Wildman–Crippen MR) is 116 cm³/mol. The maximum atomic E-state index is 11.7. The molecule has 2 aliphatic rings. The van der Waals surface area contributed by atoms with Gasteiger partial charge in [0.1, 0.15) is 11.6 Å². The molecule has 7 nitrogen and oxygen atoms in total. The number of nitrogens with zero attached hydrogens (tertiary/aromatic N) is 2. The highest BCUT2D eigenvalue weighted by atomic mass is 16.5. The summed E-state index contributed by atoms with van der Waals surface area (Å²) in [6, 6.07) is 7.47. The van der Waals surface area contributed by atoms with Gasteiger partial charge < -0.3 is 21.1 Å². The molecule has 2 fully saturated rings. The lowest BCUT2D eigenvalue weighted by Gasteiger charge is -2.23. The zero-order valence-electron chi connectivity index (χ0n) is 17.1. The van der Waals surface area contributed by atoms with Crippen molar-refractivity contribution in [3.63, 3.8) is 0 Å². The average molecular weight is 398 g/mol. The molecule has 4 rings (SSSR count). The molecule has 1 saturated carbocycles. The van der Waals surface area contributed by atoms with E-state index in [1.54, 1.807) is 12.3 Å². The van der Waals surface area contributed by atoms with E-state index in [0.717, 1.165) is 11.4 Å². The molecular weight excluding hydrogens is 366 g/mol.